The third-order valence-electron chi connectivity index (χ3n) is 4.17. The zero-order chi connectivity index (χ0) is 19.2. The van der Waals surface area contributed by atoms with Crippen molar-refractivity contribution in [2.45, 2.75) is 19.1 Å². The molecular formula is C20H19ClN2O4. The van der Waals surface area contributed by atoms with E-state index in [2.05, 4.69) is 10.3 Å². The molecule has 3 rings (SSSR count). The molecule has 7 heteroatoms. The van der Waals surface area contributed by atoms with Crippen LogP contribution < -0.4 is 10.1 Å². The normalized spacial score (nSPS) is 11.9. The van der Waals surface area contributed by atoms with E-state index in [0.717, 1.165) is 22.0 Å². The van der Waals surface area contributed by atoms with Gasteiger partial charge in [-0.1, -0.05) is 30.3 Å². The predicted molar refractivity (Wildman–Crippen MR) is 103 cm³/mol. The van der Waals surface area contributed by atoms with E-state index in [4.69, 9.17) is 16.3 Å². The molecule has 140 valence electrons. The zero-order valence-electron chi connectivity index (χ0n) is 14.4. The van der Waals surface area contributed by atoms with Crippen molar-refractivity contribution in [3.05, 3.63) is 65.9 Å². The smallest absolute Gasteiger partial charge is 0.326 e. The summed E-state index contributed by atoms with van der Waals surface area (Å²) >= 11 is 5.46. The lowest BCUT2D eigenvalue weighted by molar-refractivity contribution is -0.141. The van der Waals surface area contributed by atoms with E-state index in [1.165, 1.54) is 0 Å². The maximum Gasteiger partial charge on any atom is 0.326 e. The van der Waals surface area contributed by atoms with Crippen LogP contribution in [-0.2, 0) is 22.6 Å². The number of aromatic amines is 1. The third-order valence-corrected chi connectivity index (χ3v) is 4.41. The first kappa shape index (κ1) is 18.8. The number of carboxylic acid groups (broad SMARTS) is 1. The van der Waals surface area contributed by atoms with Gasteiger partial charge in [-0.15, -0.1) is 11.6 Å². The number of carboxylic acids is 1. The Kier molecular flexibility index (Phi) is 5.98. The molecule has 1 heterocycles. The standard InChI is InChI=1S/C20H19ClN2O4/c21-10-19(24)23-18(20(25)26)8-14-11-22-17-7-6-15(9-16(14)17)27-12-13-4-2-1-3-5-13/h1-7,9,11,18,22H,8,10,12H2,(H,23,24)(H,25,26)/t18-/m1/s1. The molecule has 27 heavy (non-hydrogen) atoms. The van der Waals surface area contributed by atoms with Crippen LogP contribution in [-0.4, -0.2) is 33.9 Å². The summed E-state index contributed by atoms with van der Waals surface area (Å²) < 4.78 is 5.84. The molecule has 0 saturated carbocycles. The van der Waals surface area contributed by atoms with Gasteiger partial charge in [0.2, 0.25) is 5.91 Å². The fourth-order valence-electron chi connectivity index (χ4n) is 2.81. The average Bonchev–Trinajstić information content (AvgIpc) is 3.08. The number of alkyl halides is 1. The van der Waals surface area contributed by atoms with E-state index in [-0.39, 0.29) is 12.3 Å². The number of carbonyl (C=O) groups is 2. The van der Waals surface area contributed by atoms with E-state index < -0.39 is 17.9 Å². The molecule has 0 fully saturated rings. The number of benzene rings is 2. The van der Waals surface area contributed by atoms with Gasteiger partial charge in [-0.25, -0.2) is 4.79 Å². The minimum Gasteiger partial charge on any atom is -0.489 e. The van der Waals surface area contributed by atoms with E-state index in [1.54, 1.807) is 6.20 Å². The van der Waals surface area contributed by atoms with Crippen molar-refractivity contribution in [1.29, 1.82) is 0 Å². The summed E-state index contributed by atoms with van der Waals surface area (Å²) in [6.07, 6.45) is 1.88. The van der Waals surface area contributed by atoms with Crippen molar-refractivity contribution in [3.8, 4) is 5.75 Å². The fraction of sp³-hybridized carbons (Fsp3) is 0.200. The van der Waals surface area contributed by atoms with Crippen LogP contribution in [0.2, 0.25) is 0 Å². The first-order valence-corrected chi connectivity index (χ1v) is 8.95. The fourth-order valence-corrected chi connectivity index (χ4v) is 2.89. The molecule has 2 aromatic carbocycles. The molecule has 3 aromatic rings. The van der Waals surface area contributed by atoms with Gasteiger partial charge in [-0.2, -0.15) is 0 Å². The quantitative estimate of drug-likeness (QED) is 0.519. The van der Waals surface area contributed by atoms with Gasteiger partial charge in [0.1, 0.15) is 24.3 Å². The number of aromatic nitrogens is 1. The number of fused-ring (bicyclic) bond motifs is 1. The zero-order valence-corrected chi connectivity index (χ0v) is 15.2. The monoisotopic (exact) mass is 386 g/mol. The second kappa shape index (κ2) is 8.60. The number of ether oxygens (including phenoxy) is 1. The lowest BCUT2D eigenvalue weighted by Gasteiger charge is -2.13. The summed E-state index contributed by atoms with van der Waals surface area (Å²) in [4.78, 5) is 26.0. The molecule has 0 saturated heterocycles. The van der Waals surface area contributed by atoms with Crippen LogP contribution in [0.5, 0.6) is 5.75 Å². The lowest BCUT2D eigenvalue weighted by atomic mass is 10.0. The Bertz CT molecular complexity index is 940. The molecule has 0 aliphatic rings. The molecule has 3 N–H and O–H groups in total. The second-order valence-corrected chi connectivity index (χ2v) is 6.36. The average molecular weight is 387 g/mol. The van der Waals surface area contributed by atoms with Crippen LogP contribution in [0.25, 0.3) is 10.9 Å². The van der Waals surface area contributed by atoms with Crippen LogP contribution in [0.15, 0.2) is 54.7 Å². The molecule has 0 unspecified atom stereocenters. The minimum atomic E-state index is -1.11. The van der Waals surface area contributed by atoms with Gasteiger partial charge >= 0.3 is 5.97 Å². The van der Waals surface area contributed by atoms with Crippen LogP contribution >= 0.6 is 11.6 Å². The molecular weight excluding hydrogens is 368 g/mol. The van der Waals surface area contributed by atoms with E-state index in [9.17, 15) is 14.7 Å². The number of halogens is 1. The number of rotatable bonds is 8. The number of hydrogen-bond donors (Lipinski definition) is 3. The molecule has 1 amide bonds. The Labute approximate surface area is 161 Å². The van der Waals surface area contributed by atoms with E-state index >= 15 is 0 Å². The topological polar surface area (TPSA) is 91.4 Å². The number of nitrogens with one attached hydrogen (secondary N) is 2. The number of amides is 1. The molecule has 6 nitrogen and oxygen atoms in total. The highest BCUT2D eigenvalue weighted by molar-refractivity contribution is 6.27. The van der Waals surface area contributed by atoms with Crippen LogP contribution in [0, 0.1) is 0 Å². The van der Waals surface area contributed by atoms with Gasteiger partial charge < -0.3 is 20.1 Å². The Hall–Kier alpha value is -2.99. The Morgan fingerprint density at radius 1 is 1.19 bits per heavy atom. The Balaban J connectivity index is 1.77. The van der Waals surface area contributed by atoms with Crippen LogP contribution in [0.3, 0.4) is 0 Å². The van der Waals surface area contributed by atoms with Gasteiger partial charge in [-0.3, -0.25) is 4.79 Å². The summed E-state index contributed by atoms with van der Waals surface area (Å²) in [6.45, 7) is 0.440. The van der Waals surface area contributed by atoms with Crippen LogP contribution in [0.1, 0.15) is 11.1 Å². The second-order valence-electron chi connectivity index (χ2n) is 6.09. The largest absolute Gasteiger partial charge is 0.489 e. The third kappa shape index (κ3) is 4.80. The highest BCUT2D eigenvalue weighted by Crippen LogP contribution is 2.25. The summed E-state index contributed by atoms with van der Waals surface area (Å²) in [5.74, 6) is -1.23. The maximum absolute atomic E-state index is 11.5. The molecule has 0 bridgehead atoms. The SMILES string of the molecule is O=C(CCl)N[C@H](Cc1c[nH]c2ccc(OCc3ccccc3)cc12)C(=O)O. The summed E-state index contributed by atoms with van der Waals surface area (Å²) in [5, 5.41) is 12.6. The Morgan fingerprint density at radius 2 is 1.96 bits per heavy atom. The first-order valence-electron chi connectivity index (χ1n) is 8.41. The maximum atomic E-state index is 11.5. The minimum absolute atomic E-state index is 0.139. The highest BCUT2D eigenvalue weighted by atomic mass is 35.5. The predicted octanol–water partition coefficient (Wildman–Crippen LogP) is 3.10. The molecule has 1 aromatic heterocycles. The summed E-state index contributed by atoms with van der Waals surface area (Å²) in [5.41, 5.74) is 2.70. The van der Waals surface area contributed by atoms with Gasteiger partial charge in [0, 0.05) is 23.5 Å². The molecule has 0 aliphatic carbocycles. The summed E-state index contributed by atoms with van der Waals surface area (Å²) in [6, 6.07) is 14.4. The number of carbonyl (C=O) groups excluding carboxylic acids is 1. The molecule has 0 radical (unpaired) electrons. The van der Waals surface area contributed by atoms with Crippen molar-refractivity contribution in [2.75, 3.05) is 5.88 Å². The van der Waals surface area contributed by atoms with Gasteiger partial charge in [0.15, 0.2) is 0 Å². The molecule has 0 aliphatic heterocycles. The number of H-pyrrole nitrogens is 1. The van der Waals surface area contributed by atoms with Crippen LogP contribution in [0.4, 0.5) is 0 Å². The highest BCUT2D eigenvalue weighted by Gasteiger charge is 2.21. The van der Waals surface area contributed by atoms with Crippen molar-refractivity contribution < 1.29 is 19.4 Å². The van der Waals surface area contributed by atoms with E-state index in [0.29, 0.717) is 12.4 Å². The molecule has 1 atom stereocenters. The van der Waals surface area contributed by atoms with Gasteiger partial charge in [-0.05, 0) is 29.3 Å². The number of hydrogen-bond acceptors (Lipinski definition) is 3. The molecule has 0 spiro atoms. The van der Waals surface area contributed by atoms with Crippen molar-refractivity contribution >= 4 is 34.4 Å². The van der Waals surface area contributed by atoms with E-state index in [1.807, 2.05) is 48.5 Å². The van der Waals surface area contributed by atoms with Crippen molar-refractivity contribution in [1.82, 2.24) is 10.3 Å². The van der Waals surface area contributed by atoms with Gasteiger partial charge in [0.25, 0.3) is 0 Å². The Morgan fingerprint density at radius 3 is 2.67 bits per heavy atom. The lowest BCUT2D eigenvalue weighted by Crippen LogP contribution is -2.42. The number of aliphatic carboxylic acids is 1. The van der Waals surface area contributed by atoms with Gasteiger partial charge in [0.05, 0.1) is 0 Å². The first-order chi connectivity index (χ1) is 13.1. The van der Waals surface area contributed by atoms with Crippen molar-refractivity contribution in [2.24, 2.45) is 0 Å². The van der Waals surface area contributed by atoms with Crippen molar-refractivity contribution in [3.63, 3.8) is 0 Å². The summed E-state index contributed by atoms with van der Waals surface area (Å²) in [7, 11) is 0.